The second kappa shape index (κ2) is 8.51. The van der Waals surface area contributed by atoms with E-state index in [1.807, 2.05) is 19.2 Å². The molecule has 1 heteroatoms. The van der Waals surface area contributed by atoms with E-state index < -0.39 is 0 Å². The van der Waals surface area contributed by atoms with Gasteiger partial charge in [0.05, 0.1) is 0 Å². The number of rotatable bonds is 6. The van der Waals surface area contributed by atoms with Crippen molar-refractivity contribution >= 4 is 6.21 Å². The standard InChI is InChI=1S/C11H21N/c1-4-7-11(8-5-2)10-12-9-6-3/h6,9-11H,4-5,7-8H2,1-3H3/b9-6-,12-10+. The van der Waals surface area contributed by atoms with Gasteiger partial charge in [-0.15, -0.1) is 0 Å². The van der Waals surface area contributed by atoms with Crippen molar-refractivity contribution in [3.05, 3.63) is 12.3 Å². The Balaban J connectivity index is 3.75. The number of allylic oxidation sites excluding steroid dienone is 1. The van der Waals surface area contributed by atoms with Gasteiger partial charge in [-0.25, -0.2) is 0 Å². The molecule has 0 bridgehead atoms. The van der Waals surface area contributed by atoms with Crippen molar-refractivity contribution in [2.24, 2.45) is 10.9 Å². The molecule has 0 unspecified atom stereocenters. The molecular weight excluding hydrogens is 146 g/mol. The molecule has 0 fully saturated rings. The normalized spacial score (nSPS) is 12.3. The van der Waals surface area contributed by atoms with Gasteiger partial charge in [0, 0.05) is 12.4 Å². The van der Waals surface area contributed by atoms with Crippen LogP contribution in [0.4, 0.5) is 0 Å². The largest absolute Gasteiger partial charge is 0.269 e. The van der Waals surface area contributed by atoms with Gasteiger partial charge in [0.15, 0.2) is 0 Å². The fourth-order valence-electron chi connectivity index (χ4n) is 1.29. The van der Waals surface area contributed by atoms with E-state index in [0.29, 0.717) is 5.92 Å². The highest BCUT2D eigenvalue weighted by Gasteiger charge is 2.01. The van der Waals surface area contributed by atoms with Crippen molar-refractivity contribution in [3.8, 4) is 0 Å². The van der Waals surface area contributed by atoms with Gasteiger partial charge >= 0.3 is 0 Å². The smallest absolute Gasteiger partial charge is 0.0221 e. The van der Waals surface area contributed by atoms with E-state index in [-0.39, 0.29) is 0 Å². The summed E-state index contributed by atoms with van der Waals surface area (Å²) in [5.74, 6) is 0.691. The Morgan fingerprint density at radius 1 is 1.17 bits per heavy atom. The summed E-state index contributed by atoms with van der Waals surface area (Å²) in [7, 11) is 0. The lowest BCUT2D eigenvalue weighted by Crippen LogP contribution is -2.00. The Hall–Kier alpha value is -0.590. The summed E-state index contributed by atoms with van der Waals surface area (Å²) < 4.78 is 0. The van der Waals surface area contributed by atoms with Crippen LogP contribution < -0.4 is 0 Å². The summed E-state index contributed by atoms with van der Waals surface area (Å²) in [6, 6.07) is 0. The maximum absolute atomic E-state index is 4.22. The van der Waals surface area contributed by atoms with E-state index in [2.05, 4.69) is 25.1 Å². The van der Waals surface area contributed by atoms with Gasteiger partial charge in [-0.05, 0) is 25.7 Å². The van der Waals surface area contributed by atoms with Gasteiger partial charge in [-0.2, -0.15) is 0 Å². The zero-order valence-electron chi connectivity index (χ0n) is 8.59. The zero-order chi connectivity index (χ0) is 9.23. The summed E-state index contributed by atoms with van der Waals surface area (Å²) in [5.41, 5.74) is 0. The summed E-state index contributed by atoms with van der Waals surface area (Å²) in [4.78, 5) is 4.22. The molecule has 0 aromatic rings. The van der Waals surface area contributed by atoms with Crippen molar-refractivity contribution in [2.75, 3.05) is 0 Å². The van der Waals surface area contributed by atoms with Gasteiger partial charge < -0.3 is 0 Å². The average Bonchev–Trinajstić information content (AvgIpc) is 2.06. The molecule has 0 atom stereocenters. The van der Waals surface area contributed by atoms with E-state index >= 15 is 0 Å². The predicted octanol–water partition coefficient (Wildman–Crippen LogP) is 3.81. The van der Waals surface area contributed by atoms with Crippen LogP contribution in [0.2, 0.25) is 0 Å². The van der Waals surface area contributed by atoms with E-state index in [0.717, 1.165) is 0 Å². The third kappa shape index (κ3) is 6.14. The van der Waals surface area contributed by atoms with E-state index in [9.17, 15) is 0 Å². The first-order chi connectivity index (χ1) is 5.85. The van der Waals surface area contributed by atoms with Crippen molar-refractivity contribution in [2.45, 2.75) is 46.5 Å². The van der Waals surface area contributed by atoms with Crippen molar-refractivity contribution < 1.29 is 0 Å². The molecule has 0 amide bonds. The fourth-order valence-corrected chi connectivity index (χ4v) is 1.29. The Morgan fingerprint density at radius 3 is 2.17 bits per heavy atom. The first kappa shape index (κ1) is 11.4. The van der Waals surface area contributed by atoms with Gasteiger partial charge in [0.2, 0.25) is 0 Å². The molecule has 12 heavy (non-hydrogen) atoms. The van der Waals surface area contributed by atoms with Crippen LogP contribution in [0.3, 0.4) is 0 Å². The third-order valence-corrected chi connectivity index (χ3v) is 1.85. The fraction of sp³-hybridized carbons (Fsp3) is 0.727. The Morgan fingerprint density at radius 2 is 1.75 bits per heavy atom. The van der Waals surface area contributed by atoms with Crippen LogP contribution in [0.25, 0.3) is 0 Å². The summed E-state index contributed by atoms with van der Waals surface area (Å²) in [6.07, 6.45) is 11.0. The molecule has 0 aliphatic heterocycles. The van der Waals surface area contributed by atoms with Crippen LogP contribution in [0.15, 0.2) is 17.3 Å². The molecule has 0 rings (SSSR count). The molecule has 0 saturated carbocycles. The van der Waals surface area contributed by atoms with Crippen molar-refractivity contribution in [1.82, 2.24) is 0 Å². The predicted molar refractivity (Wildman–Crippen MR) is 56.6 cm³/mol. The Bertz CT molecular complexity index is 130. The van der Waals surface area contributed by atoms with Crippen LogP contribution in [0, 0.1) is 5.92 Å². The van der Waals surface area contributed by atoms with Crippen LogP contribution in [-0.2, 0) is 0 Å². The van der Waals surface area contributed by atoms with Crippen LogP contribution in [-0.4, -0.2) is 6.21 Å². The monoisotopic (exact) mass is 167 g/mol. The van der Waals surface area contributed by atoms with Crippen LogP contribution >= 0.6 is 0 Å². The van der Waals surface area contributed by atoms with E-state index in [4.69, 9.17) is 0 Å². The van der Waals surface area contributed by atoms with Crippen molar-refractivity contribution in [1.29, 1.82) is 0 Å². The topological polar surface area (TPSA) is 12.4 Å². The first-order valence-electron chi connectivity index (χ1n) is 4.99. The summed E-state index contributed by atoms with van der Waals surface area (Å²) in [6.45, 7) is 6.45. The number of aliphatic imine (C=N–C) groups is 1. The molecule has 0 heterocycles. The van der Waals surface area contributed by atoms with Gasteiger partial charge in [-0.1, -0.05) is 32.8 Å². The minimum atomic E-state index is 0.691. The molecule has 0 N–H and O–H groups in total. The molecule has 0 aliphatic carbocycles. The molecule has 0 aliphatic rings. The maximum Gasteiger partial charge on any atom is 0.0221 e. The maximum atomic E-state index is 4.22. The van der Waals surface area contributed by atoms with E-state index in [1.54, 1.807) is 0 Å². The molecule has 0 aromatic carbocycles. The van der Waals surface area contributed by atoms with Crippen molar-refractivity contribution in [3.63, 3.8) is 0 Å². The molecule has 70 valence electrons. The first-order valence-corrected chi connectivity index (χ1v) is 4.99. The third-order valence-electron chi connectivity index (χ3n) is 1.85. The summed E-state index contributed by atoms with van der Waals surface area (Å²) in [5, 5.41) is 0. The highest BCUT2D eigenvalue weighted by Crippen LogP contribution is 2.10. The highest BCUT2D eigenvalue weighted by molar-refractivity contribution is 5.61. The second-order valence-electron chi connectivity index (χ2n) is 3.12. The van der Waals surface area contributed by atoms with Gasteiger partial charge in [0.1, 0.15) is 0 Å². The van der Waals surface area contributed by atoms with Crippen LogP contribution in [0.5, 0.6) is 0 Å². The average molecular weight is 167 g/mol. The Labute approximate surface area is 76.6 Å². The lowest BCUT2D eigenvalue weighted by Gasteiger charge is -2.07. The number of nitrogens with zero attached hydrogens (tertiary/aromatic N) is 1. The van der Waals surface area contributed by atoms with Gasteiger partial charge in [0.25, 0.3) is 0 Å². The minimum absolute atomic E-state index is 0.691. The molecule has 0 aromatic heterocycles. The SMILES string of the molecule is C/C=C\N=C\C(CCC)CCC. The molecule has 1 nitrogen and oxygen atoms in total. The lowest BCUT2D eigenvalue weighted by molar-refractivity contribution is 0.567. The molecule has 0 spiro atoms. The highest BCUT2D eigenvalue weighted by atomic mass is 14.7. The lowest BCUT2D eigenvalue weighted by atomic mass is 10.00. The Kier molecular flexibility index (Phi) is 8.09. The van der Waals surface area contributed by atoms with E-state index in [1.165, 1.54) is 25.7 Å². The molecule has 0 radical (unpaired) electrons. The van der Waals surface area contributed by atoms with Crippen LogP contribution in [0.1, 0.15) is 46.5 Å². The quantitative estimate of drug-likeness (QED) is 0.533. The molecular formula is C11H21N. The minimum Gasteiger partial charge on any atom is -0.269 e. The molecule has 0 saturated heterocycles. The summed E-state index contributed by atoms with van der Waals surface area (Å²) >= 11 is 0. The zero-order valence-corrected chi connectivity index (χ0v) is 8.59. The number of hydrogen-bond donors (Lipinski definition) is 0. The number of hydrogen-bond acceptors (Lipinski definition) is 1. The second-order valence-corrected chi connectivity index (χ2v) is 3.12. The van der Waals surface area contributed by atoms with Gasteiger partial charge in [-0.3, -0.25) is 4.99 Å².